The van der Waals surface area contributed by atoms with Crippen molar-refractivity contribution in [2.45, 2.75) is 44.4 Å². The van der Waals surface area contributed by atoms with Crippen molar-refractivity contribution in [3.8, 4) is 0 Å². The van der Waals surface area contributed by atoms with Crippen LogP contribution in [0.3, 0.4) is 0 Å². The average molecular weight is 501 g/mol. The fourth-order valence-corrected chi connectivity index (χ4v) is 3.91. The summed E-state index contributed by atoms with van der Waals surface area (Å²) in [6, 6.07) is 8.20. The Labute approximate surface area is 196 Å². The van der Waals surface area contributed by atoms with Gasteiger partial charge in [-0.05, 0) is 26.0 Å². The Balaban J connectivity index is 2.11. The van der Waals surface area contributed by atoms with Gasteiger partial charge in [0.1, 0.15) is 4.34 Å². The van der Waals surface area contributed by atoms with E-state index in [0.29, 0.717) is 14.9 Å². The van der Waals surface area contributed by atoms with E-state index in [0.717, 1.165) is 23.7 Å². The molecule has 3 aromatic rings. The third-order valence-corrected chi connectivity index (χ3v) is 5.83. The molecule has 0 aliphatic heterocycles. The largest absolute Gasteiger partial charge is 0.451 e. The minimum Gasteiger partial charge on any atom is -0.391 e. The number of hydrogen-bond donors (Lipinski definition) is 2. The highest BCUT2D eigenvalue weighted by Crippen LogP contribution is 2.33. The molecule has 0 bridgehead atoms. The lowest BCUT2D eigenvalue weighted by molar-refractivity contribution is -0.147. The van der Waals surface area contributed by atoms with Crippen molar-refractivity contribution in [2.24, 2.45) is 0 Å². The molecule has 0 aliphatic rings. The second-order valence-electron chi connectivity index (χ2n) is 7.24. The van der Waals surface area contributed by atoms with Crippen LogP contribution in [-0.4, -0.2) is 38.2 Å². The highest BCUT2D eigenvalue weighted by atomic mass is 35.5. The van der Waals surface area contributed by atoms with Crippen LogP contribution in [-0.2, 0) is 23.1 Å². The molecule has 2 unspecified atom stereocenters. The summed E-state index contributed by atoms with van der Waals surface area (Å²) >= 11 is 7.12. The number of hydrogen-bond acceptors (Lipinski definition) is 7. The number of nitrogens with zero attached hydrogens (tertiary/aromatic N) is 3. The smallest absolute Gasteiger partial charge is 0.391 e. The van der Waals surface area contributed by atoms with Gasteiger partial charge < -0.3 is 15.2 Å². The van der Waals surface area contributed by atoms with Crippen molar-refractivity contribution in [3.05, 3.63) is 75.2 Å². The van der Waals surface area contributed by atoms with E-state index < -0.39 is 35.8 Å². The van der Waals surface area contributed by atoms with Gasteiger partial charge in [0.15, 0.2) is 5.72 Å². The van der Waals surface area contributed by atoms with Gasteiger partial charge in [0.05, 0.1) is 29.8 Å². The Morgan fingerprint density at radius 1 is 1.15 bits per heavy atom. The molecule has 33 heavy (non-hydrogen) atoms. The van der Waals surface area contributed by atoms with Crippen LogP contribution in [0.15, 0.2) is 48.9 Å². The number of amides is 1. The highest BCUT2D eigenvalue weighted by molar-refractivity contribution is 7.15. The molecule has 0 saturated carbocycles. The lowest BCUT2D eigenvalue weighted by atomic mass is 10.00. The zero-order valence-corrected chi connectivity index (χ0v) is 19.1. The Morgan fingerprint density at radius 2 is 1.79 bits per heavy atom. The lowest BCUT2D eigenvalue weighted by Gasteiger charge is -2.37. The predicted molar refractivity (Wildman–Crippen MR) is 116 cm³/mol. The van der Waals surface area contributed by atoms with Gasteiger partial charge in [0.2, 0.25) is 5.82 Å². The third kappa shape index (κ3) is 6.26. The van der Waals surface area contributed by atoms with E-state index >= 15 is 0 Å². The fourth-order valence-electron chi connectivity index (χ4n) is 2.88. The minimum absolute atomic E-state index is 0.0404. The Bertz CT molecular complexity index is 1080. The van der Waals surface area contributed by atoms with E-state index in [1.54, 1.807) is 37.3 Å². The highest BCUT2D eigenvalue weighted by Gasteiger charge is 2.41. The standard InChI is InChI=1S/C21H20ClF3N4O3S/c1-12(30)13(2)32-20(8-17-26-11-16(22)33-17,29-18(31)14-6-4-3-5-7-14)15-9-27-19(28-10-15)21(23,24)25/h3-7,9-13,30H,8H2,1-2H3,(H,29,31)/t12?,13?,20-/m1/s1. The van der Waals surface area contributed by atoms with Crippen molar-refractivity contribution in [1.82, 2.24) is 20.3 Å². The Morgan fingerprint density at radius 3 is 2.30 bits per heavy atom. The number of thiazole rings is 1. The Kier molecular flexibility index (Phi) is 7.68. The number of aliphatic hydroxyl groups excluding tert-OH is 1. The third-order valence-electron chi connectivity index (χ3n) is 4.72. The van der Waals surface area contributed by atoms with Crippen molar-refractivity contribution < 1.29 is 27.8 Å². The molecular formula is C21H20ClF3N4O3S. The summed E-state index contributed by atoms with van der Waals surface area (Å²) in [5.41, 5.74) is -1.42. The average Bonchev–Trinajstić information content (AvgIpc) is 3.17. The molecule has 1 amide bonds. The Hall–Kier alpha value is -2.60. The summed E-state index contributed by atoms with van der Waals surface area (Å²) in [4.78, 5) is 24.1. The van der Waals surface area contributed by atoms with Gasteiger partial charge in [-0.15, -0.1) is 11.3 Å². The molecule has 3 atom stereocenters. The van der Waals surface area contributed by atoms with Gasteiger partial charge in [-0.2, -0.15) is 13.2 Å². The number of aliphatic hydroxyl groups is 1. The van der Waals surface area contributed by atoms with Crippen LogP contribution in [0.5, 0.6) is 0 Å². The first-order valence-corrected chi connectivity index (χ1v) is 10.9. The van der Waals surface area contributed by atoms with Crippen molar-refractivity contribution in [1.29, 1.82) is 0 Å². The van der Waals surface area contributed by atoms with Gasteiger partial charge in [0.25, 0.3) is 5.91 Å². The molecule has 12 heteroatoms. The van der Waals surface area contributed by atoms with Crippen molar-refractivity contribution in [3.63, 3.8) is 0 Å². The molecule has 2 N–H and O–H groups in total. The first kappa shape index (κ1) is 25.0. The van der Waals surface area contributed by atoms with Crippen LogP contribution in [0.4, 0.5) is 13.2 Å². The molecule has 0 spiro atoms. The molecule has 0 aliphatic carbocycles. The van der Waals surface area contributed by atoms with Gasteiger partial charge >= 0.3 is 6.18 Å². The van der Waals surface area contributed by atoms with Gasteiger partial charge in [-0.25, -0.2) is 15.0 Å². The van der Waals surface area contributed by atoms with Crippen molar-refractivity contribution >= 4 is 28.8 Å². The molecule has 0 fully saturated rings. The molecule has 0 saturated heterocycles. The summed E-state index contributed by atoms with van der Waals surface area (Å²) in [6.07, 6.45) is -3.37. The van der Waals surface area contributed by atoms with Crippen LogP contribution in [0, 0.1) is 0 Å². The number of ether oxygens (including phenoxy) is 1. The van der Waals surface area contributed by atoms with E-state index in [2.05, 4.69) is 20.3 Å². The number of halogens is 4. The molecule has 2 aromatic heterocycles. The molecule has 3 rings (SSSR count). The molecule has 7 nitrogen and oxygen atoms in total. The monoisotopic (exact) mass is 500 g/mol. The van der Waals surface area contributed by atoms with E-state index in [1.165, 1.54) is 13.1 Å². The van der Waals surface area contributed by atoms with E-state index in [-0.39, 0.29) is 12.0 Å². The van der Waals surface area contributed by atoms with Crippen LogP contribution in [0.2, 0.25) is 4.34 Å². The number of carbonyl (C=O) groups excluding carboxylic acids is 1. The van der Waals surface area contributed by atoms with E-state index in [9.17, 15) is 23.1 Å². The second kappa shape index (κ2) is 10.1. The number of alkyl halides is 3. The summed E-state index contributed by atoms with van der Waals surface area (Å²) < 4.78 is 45.6. The van der Waals surface area contributed by atoms with Crippen LogP contribution < -0.4 is 5.32 Å². The number of nitrogens with one attached hydrogen (secondary N) is 1. The molecule has 0 radical (unpaired) electrons. The number of rotatable bonds is 8. The maximum atomic E-state index is 13.1. The topological polar surface area (TPSA) is 97.2 Å². The van der Waals surface area contributed by atoms with Crippen LogP contribution in [0.1, 0.15) is 40.6 Å². The summed E-state index contributed by atoms with van der Waals surface area (Å²) in [6.45, 7) is 3.05. The van der Waals surface area contributed by atoms with E-state index in [1.807, 2.05) is 0 Å². The summed E-state index contributed by atoms with van der Waals surface area (Å²) in [7, 11) is 0. The lowest BCUT2D eigenvalue weighted by Crippen LogP contribution is -2.52. The van der Waals surface area contributed by atoms with Crippen LogP contribution >= 0.6 is 22.9 Å². The van der Waals surface area contributed by atoms with Crippen LogP contribution in [0.25, 0.3) is 0 Å². The maximum Gasteiger partial charge on any atom is 0.451 e. The summed E-state index contributed by atoms with van der Waals surface area (Å²) in [5, 5.41) is 13.2. The predicted octanol–water partition coefficient (Wildman–Crippen LogP) is 4.22. The first-order chi connectivity index (χ1) is 15.5. The molecule has 1 aromatic carbocycles. The SMILES string of the molecule is CC(O)C(C)O[C@@](Cc1ncc(Cl)s1)(NC(=O)c1ccccc1)c1cnc(C(F)(F)F)nc1. The fraction of sp³-hybridized carbons (Fsp3) is 0.333. The zero-order chi connectivity index (χ0) is 24.2. The van der Waals surface area contributed by atoms with Gasteiger partial charge in [-0.3, -0.25) is 4.79 Å². The first-order valence-electron chi connectivity index (χ1n) is 9.73. The zero-order valence-electron chi connectivity index (χ0n) is 17.5. The quantitative estimate of drug-likeness (QED) is 0.450. The molecule has 176 valence electrons. The van der Waals surface area contributed by atoms with Crippen molar-refractivity contribution in [2.75, 3.05) is 0 Å². The maximum absolute atomic E-state index is 13.1. The minimum atomic E-state index is -4.74. The number of aromatic nitrogens is 3. The number of benzene rings is 1. The van der Waals surface area contributed by atoms with E-state index in [4.69, 9.17) is 16.3 Å². The molecule has 2 heterocycles. The second-order valence-corrected chi connectivity index (χ2v) is 8.99. The number of carbonyl (C=O) groups is 1. The van der Waals surface area contributed by atoms with Gasteiger partial charge in [0, 0.05) is 23.5 Å². The normalized spacial score (nSPS) is 15.5. The summed E-state index contributed by atoms with van der Waals surface area (Å²) in [5.74, 6) is -1.90. The van der Waals surface area contributed by atoms with Gasteiger partial charge in [-0.1, -0.05) is 29.8 Å². The molecular weight excluding hydrogens is 481 g/mol.